The van der Waals surface area contributed by atoms with Gasteiger partial charge in [-0.2, -0.15) is 0 Å². The highest BCUT2D eigenvalue weighted by Gasteiger charge is 2.53. The van der Waals surface area contributed by atoms with E-state index in [9.17, 15) is 10.2 Å². The molecule has 146 valence electrons. The molecule has 1 saturated carbocycles. The van der Waals surface area contributed by atoms with Crippen molar-refractivity contribution in [2.24, 2.45) is 18.9 Å². The van der Waals surface area contributed by atoms with Gasteiger partial charge in [-0.3, -0.25) is 4.90 Å². The molecule has 6 nitrogen and oxygen atoms in total. The van der Waals surface area contributed by atoms with Crippen molar-refractivity contribution in [3.8, 4) is 5.75 Å². The Kier molecular flexibility index (Phi) is 4.97. The molecule has 6 heteroatoms. The number of aliphatic hydroxyl groups excluding tert-OH is 1. The van der Waals surface area contributed by atoms with Crippen LogP contribution in [-0.2, 0) is 25.8 Å². The van der Waals surface area contributed by atoms with Crippen molar-refractivity contribution in [2.45, 2.75) is 38.0 Å². The largest absolute Gasteiger partial charge is 0.496 e. The molecule has 2 aromatic rings. The first-order chi connectivity index (χ1) is 13.1. The van der Waals surface area contributed by atoms with E-state index in [0.717, 1.165) is 49.6 Å². The summed E-state index contributed by atoms with van der Waals surface area (Å²) in [5.74, 6) is 1.92. The summed E-state index contributed by atoms with van der Waals surface area (Å²) in [6.07, 6.45) is 6.93. The van der Waals surface area contributed by atoms with Gasteiger partial charge in [0.05, 0.1) is 13.7 Å². The summed E-state index contributed by atoms with van der Waals surface area (Å²) in [6.45, 7) is 2.52. The van der Waals surface area contributed by atoms with Gasteiger partial charge in [0.15, 0.2) is 0 Å². The predicted molar refractivity (Wildman–Crippen MR) is 102 cm³/mol. The molecule has 1 aliphatic carbocycles. The fourth-order valence-electron chi connectivity index (χ4n) is 5.10. The van der Waals surface area contributed by atoms with Gasteiger partial charge in [-0.25, -0.2) is 4.98 Å². The summed E-state index contributed by atoms with van der Waals surface area (Å²) in [7, 11) is 3.59. The van der Waals surface area contributed by atoms with Crippen LogP contribution in [0.1, 0.15) is 36.2 Å². The number of aryl methyl sites for hydroxylation is 1. The zero-order chi connectivity index (χ0) is 19.0. The average Bonchev–Trinajstić information content (AvgIpc) is 3.09. The lowest BCUT2D eigenvalue weighted by Gasteiger charge is -2.52. The molecule has 2 N–H and O–H groups in total. The van der Waals surface area contributed by atoms with Crippen molar-refractivity contribution >= 4 is 0 Å². The number of rotatable bonds is 5. The number of hydrogen-bond acceptors (Lipinski definition) is 5. The minimum Gasteiger partial charge on any atom is -0.496 e. The minimum atomic E-state index is -0.830. The third kappa shape index (κ3) is 3.16. The number of aromatic nitrogens is 2. The van der Waals surface area contributed by atoms with Crippen LogP contribution in [0.15, 0.2) is 30.6 Å². The second-order valence-electron chi connectivity index (χ2n) is 8.01. The summed E-state index contributed by atoms with van der Waals surface area (Å²) in [5.41, 5.74) is 1.15. The van der Waals surface area contributed by atoms with Gasteiger partial charge in [0.1, 0.15) is 17.2 Å². The number of hydrogen-bond donors (Lipinski definition) is 2. The van der Waals surface area contributed by atoms with E-state index >= 15 is 0 Å². The van der Waals surface area contributed by atoms with Crippen molar-refractivity contribution in [3.05, 3.63) is 47.5 Å². The molecule has 0 unspecified atom stereocenters. The summed E-state index contributed by atoms with van der Waals surface area (Å²) < 4.78 is 7.28. The fourth-order valence-corrected chi connectivity index (χ4v) is 5.10. The molecule has 0 radical (unpaired) electrons. The first-order valence-electron chi connectivity index (χ1n) is 9.75. The van der Waals surface area contributed by atoms with E-state index in [4.69, 9.17) is 4.74 Å². The zero-order valence-electron chi connectivity index (χ0n) is 16.1. The van der Waals surface area contributed by atoms with Crippen LogP contribution < -0.4 is 4.74 Å². The van der Waals surface area contributed by atoms with Crippen molar-refractivity contribution < 1.29 is 14.9 Å². The van der Waals surface area contributed by atoms with Crippen molar-refractivity contribution in [3.63, 3.8) is 0 Å². The highest BCUT2D eigenvalue weighted by Crippen LogP contribution is 2.48. The van der Waals surface area contributed by atoms with Crippen LogP contribution in [0.25, 0.3) is 0 Å². The van der Waals surface area contributed by atoms with Crippen LogP contribution in [0.4, 0.5) is 0 Å². The summed E-state index contributed by atoms with van der Waals surface area (Å²) in [6, 6.07) is 6.01. The fraction of sp³-hybridized carbons (Fsp3) is 0.571. The maximum atomic E-state index is 11.7. The average molecular weight is 371 g/mol. The lowest BCUT2D eigenvalue weighted by Crippen LogP contribution is -2.58. The van der Waals surface area contributed by atoms with E-state index in [1.807, 2.05) is 29.9 Å². The SMILES string of the molecule is COc1ccc(CN2C[C@@H]3CCC[C@@H](C2)C3(O)c2nccn2C)cc1CO. The molecule has 1 aromatic carbocycles. The van der Waals surface area contributed by atoms with E-state index in [2.05, 4.69) is 16.0 Å². The molecule has 2 atom stereocenters. The number of likely N-dealkylation sites (tertiary alicyclic amines) is 1. The number of aliphatic hydroxyl groups is 2. The van der Waals surface area contributed by atoms with E-state index in [0.29, 0.717) is 0 Å². The van der Waals surface area contributed by atoms with Gasteiger partial charge in [0.25, 0.3) is 0 Å². The predicted octanol–water partition coefficient (Wildman–Crippen LogP) is 2.04. The maximum Gasteiger partial charge on any atom is 0.141 e. The third-order valence-corrected chi connectivity index (χ3v) is 6.41. The summed E-state index contributed by atoms with van der Waals surface area (Å²) in [4.78, 5) is 6.94. The normalized spacial score (nSPS) is 28.3. The van der Waals surface area contributed by atoms with E-state index in [-0.39, 0.29) is 18.4 Å². The number of nitrogens with zero attached hydrogens (tertiary/aromatic N) is 3. The maximum absolute atomic E-state index is 11.7. The van der Waals surface area contributed by atoms with E-state index in [1.165, 1.54) is 12.0 Å². The van der Waals surface area contributed by atoms with E-state index in [1.54, 1.807) is 13.3 Å². The molecule has 2 bridgehead atoms. The quantitative estimate of drug-likeness (QED) is 0.842. The molecule has 27 heavy (non-hydrogen) atoms. The Morgan fingerprint density at radius 1 is 1.26 bits per heavy atom. The molecule has 1 saturated heterocycles. The van der Waals surface area contributed by atoms with Crippen LogP contribution in [0.5, 0.6) is 5.75 Å². The van der Waals surface area contributed by atoms with Gasteiger partial charge in [-0.15, -0.1) is 0 Å². The number of methoxy groups -OCH3 is 1. The Bertz CT molecular complexity index is 790. The Morgan fingerprint density at radius 3 is 2.59 bits per heavy atom. The van der Waals surface area contributed by atoms with Crippen LogP contribution >= 0.6 is 0 Å². The molecular weight excluding hydrogens is 342 g/mol. The lowest BCUT2D eigenvalue weighted by molar-refractivity contribution is -0.155. The number of ether oxygens (including phenoxy) is 1. The second kappa shape index (κ2) is 7.26. The number of fused-ring (bicyclic) bond motifs is 2. The molecule has 1 aromatic heterocycles. The van der Waals surface area contributed by atoms with Crippen molar-refractivity contribution in [1.82, 2.24) is 14.5 Å². The van der Waals surface area contributed by atoms with Gasteiger partial charge < -0.3 is 19.5 Å². The highest BCUT2D eigenvalue weighted by atomic mass is 16.5. The highest BCUT2D eigenvalue weighted by molar-refractivity contribution is 5.37. The van der Waals surface area contributed by atoms with Crippen LogP contribution in [0.3, 0.4) is 0 Å². The Labute approximate surface area is 160 Å². The summed E-state index contributed by atoms with van der Waals surface area (Å²) in [5, 5.41) is 21.2. The Morgan fingerprint density at radius 2 is 2.00 bits per heavy atom. The molecule has 4 rings (SSSR count). The van der Waals surface area contributed by atoms with Gasteiger partial charge in [-0.05, 0) is 30.5 Å². The molecule has 2 aliphatic rings. The standard InChI is InChI=1S/C21H29N3O3/c1-23-9-8-22-20(23)21(26)17-4-3-5-18(21)13-24(12-17)11-15-6-7-19(27-2)16(10-15)14-25/h6-10,17-18,25-26H,3-5,11-14H2,1-2H3/t17-,18-/m0/s1. The lowest BCUT2D eigenvalue weighted by atomic mass is 9.65. The van der Waals surface area contributed by atoms with E-state index < -0.39 is 5.60 Å². The Balaban J connectivity index is 1.55. The van der Waals surface area contributed by atoms with Crippen molar-refractivity contribution in [2.75, 3.05) is 20.2 Å². The van der Waals surface area contributed by atoms with Gasteiger partial charge in [-0.1, -0.05) is 12.5 Å². The zero-order valence-corrected chi connectivity index (χ0v) is 16.1. The minimum absolute atomic E-state index is 0.0266. The third-order valence-electron chi connectivity index (χ3n) is 6.41. The van der Waals surface area contributed by atoms with Gasteiger partial charge in [0, 0.05) is 56.5 Å². The molecule has 2 fully saturated rings. The van der Waals surface area contributed by atoms with Crippen LogP contribution in [0, 0.1) is 11.8 Å². The smallest absolute Gasteiger partial charge is 0.141 e. The number of imidazole rings is 1. The number of piperidine rings is 1. The van der Waals surface area contributed by atoms with Crippen LogP contribution in [0.2, 0.25) is 0 Å². The summed E-state index contributed by atoms with van der Waals surface area (Å²) >= 11 is 0. The van der Waals surface area contributed by atoms with Crippen LogP contribution in [-0.4, -0.2) is 44.9 Å². The van der Waals surface area contributed by atoms with Gasteiger partial charge in [0.2, 0.25) is 0 Å². The molecule has 2 heterocycles. The first-order valence-corrected chi connectivity index (χ1v) is 9.75. The molecular formula is C21H29N3O3. The van der Waals surface area contributed by atoms with Gasteiger partial charge >= 0.3 is 0 Å². The monoisotopic (exact) mass is 371 g/mol. The Hall–Kier alpha value is -1.89. The first kappa shape index (κ1) is 18.5. The topological polar surface area (TPSA) is 70.8 Å². The number of benzene rings is 1. The van der Waals surface area contributed by atoms with Crippen molar-refractivity contribution in [1.29, 1.82) is 0 Å². The second-order valence-corrected chi connectivity index (χ2v) is 8.01. The molecule has 0 amide bonds. The molecule has 0 spiro atoms. The molecule has 1 aliphatic heterocycles.